The Hall–Kier alpha value is -2.25. The summed E-state index contributed by atoms with van der Waals surface area (Å²) in [5.41, 5.74) is 5.29. The summed E-state index contributed by atoms with van der Waals surface area (Å²) in [5.74, 6) is -0.736. The number of anilines is 1. The molecule has 2 aliphatic heterocycles. The summed E-state index contributed by atoms with van der Waals surface area (Å²) in [5, 5.41) is 0. The van der Waals surface area contributed by atoms with Crippen molar-refractivity contribution in [3.05, 3.63) is 18.2 Å². The SMILES string of the molecule is NC(=O)C1CC(=O)N(C2CCN(c3ncc(F)cn3)CC2)C1. The molecule has 2 saturated heterocycles. The molecule has 0 saturated carbocycles. The fraction of sp³-hybridized carbons (Fsp3) is 0.571. The molecule has 1 aromatic rings. The van der Waals surface area contributed by atoms with Crippen LogP contribution >= 0.6 is 0 Å². The lowest BCUT2D eigenvalue weighted by atomic mass is 10.0. The molecule has 7 nitrogen and oxygen atoms in total. The highest BCUT2D eigenvalue weighted by atomic mass is 19.1. The Morgan fingerprint density at radius 2 is 1.91 bits per heavy atom. The van der Waals surface area contributed by atoms with Crippen LogP contribution in [0.15, 0.2) is 12.4 Å². The fourth-order valence-corrected chi connectivity index (χ4v) is 3.12. The van der Waals surface area contributed by atoms with Gasteiger partial charge in [-0.15, -0.1) is 0 Å². The van der Waals surface area contributed by atoms with E-state index in [1.807, 2.05) is 4.90 Å². The van der Waals surface area contributed by atoms with Crippen molar-refractivity contribution < 1.29 is 14.0 Å². The maximum Gasteiger partial charge on any atom is 0.225 e. The van der Waals surface area contributed by atoms with Gasteiger partial charge in [-0.3, -0.25) is 9.59 Å². The van der Waals surface area contributed by atoms with Crippen molar-refractivity contribution in [1.29, 1.82) is 0 Å². The van der Waals surface area contributed by atoms with Crippen molar-refractivity contribution in [3.63, 3.8) is 0 Å². The van der Waals surface area contributed by atoms with Crippen molar-refractivity contribution in [2.24, 2.45) is 11.7 Å². The van der Waals surface area contributed by atoms with Gasteiger partial charge < -0.3 is 15.5 Å². The number of hydrogen-bond acceptors (Lipinski definition) is 5. The highest BCUT2D eigenvalue weighted by Crippen LogP contribution is 2.26. The number of aromatic nitrogens is 2. The number of primary amides is 1. The molecule has 0 aliphatic carbocycles. The summed E-state index contributed by atoms with van der Waals surface area (Å²) in [7, 11) is 0. The largest absolute Gasteiger partial charge is 0.369 e. The monoisotopic (exact) mass is 307 g/mol. The Kier molecular flexibility index (Phi) is 3.91. The number of hydrogen-bond donors (Lipinski definition) is 1. The summed E-state index contributed by atoms with van der Waals surface area (Å²) in [6, 6.07) is 0.119. The van der Waals surface area contributed by atoms with E-state index in [2.05, 4.69) is 9.97 Å². The van der Waals surface area contributed by atoms with Gasteiger partial charge in [0.15, 0.2) is 5.82 Å². The Balaban J connectivity index is 1.59. The first-order chi connectivity index (χ1) is 10.5. The molecule has 118 valence electrons. The van der Waals surface area contributed by atoms with Gasteiger partial charge in [0.2, 0.25) is 17.8 Å². The van der Waals surface area contributed by atoms with Crippen molar-refractivity contribution in [3.8, 4) is 0 Å². The van der Waals surface area contributed by atoms with Gasteiger partial charge in [-0.05, 0) is 12.8 Å². The second-order valence-electron chi connectivity index (χ2n) is 5.77. The van der Waals surface area contributed by atoms with E-state index in [4.69, 9.17) is 5.73 Å². The smallest absolute Gasteiger partial charge is 0.225 e. The maximum absolute atomic E-state index is 12.8. The lowest BCUT2D eigenvalue weighted by Crippen LogP contribution is -2.46. The molecule has 1 atom stereocenters. The molecule has 2 amide bonds. The van der Waals surface area contributed by atoms with Crippen LogP contribution in [0.5, 0.6) is 0 Å². The third-order valence-electron chi connectivity index (χ3n) is 4.36. The van der Waals surface area contributed by atoms with E-state index in [9.17, 15) is 14.0 Å². The number of halogens is 1. The summed E-state index contributed by atoms with van der Waals surface area (Å²) in [6.45, 7) is 1.81. The minimum atomic E-state index is -0.459. The second kappa shape index (κ2) is 5.86. The van der Waals surface area contributed by atoms with E-state index in [1.54, 1.807) is 4.90 Å². The molecule has 3 rings (SSSR count). The van der Waals surface area contributed by atoms with Crippen LogP contribution in [0, 0.1) is 11.7 Å². The van der Waals surface area contributed by atoms with Gasteiger partial charge in [0.1, 0.15) is 0 Å². The van der Waals surface area contributed by atoms with Gasteiger partial charge >= 0.3 is 0 Å². The van der Waals surface area contributed by atoms with Gasteiger partial charge in [0, 0.05) is 32.1 Å². The van der Waals surface area contributed by atoms with Crippen molar-refractivity contribution in [2.45, 2.75) is 25.3 Å². The molecule has 22 heavy (non-hydrogen) atoms. The quantitative estimate of drug-likeness (QED) is 0.843. The van der Waals surface area contributed by atoms with E-state index in [0.717, 1.165) is 25.2 Å². The molecule has 2 fully saturated rings. The zero-order chi connectivity index (χ0) is 15.7. The minimum absolute atomic E-state index is 0.000261. The number of carbonyl (C=O) groups excluding carboxylic acids is 2. The maximum atomic E-state index is 12.8. The number of rotatable bonds is 3. The predicted molar refractivity (Wildman–Crippen MR) is 76.2 cm³/mol. The Morgan fingerprint density at radius 1 is 1.27 bits per heavy atom. The standard InChI is InChI=1S/C14H18FN5O2/c15-10-6-17-14(18-7-10)19-3-1-11(2-4-19)20-8-9(13(16)22)5-12(20)21/h6-7,9,11H,1-5,8H2,(H2,16,22). The second-order valence-corrected chi connectivity index (χ2v) is 5.77. The first-order valence-electron chi connectivity index (χ1n) is 7.36. The Bertz CT molecular complexity index is 571. The van der Waals surface area contributed by atoms with E-state index >= 15 is 0 Å². The van der Waals surface area contributed by atoms with Crippen LogP contribution in [-0.2, 0) is 9.59 Å². The fourth-order valence-electron chi connectivity index (χ4n) is 3.12. The van der Waals surface area contributed by atoms with Gasteiger partial charge in [-0.1, -0.05) is 0 Å². The van der Waals surface area contributed by atoms with Crippen molar-refractivity contribution >= 4 is 17.8 Å². The predicted octanol–water partition coefficient (Wildman–Crippen LogP) is -0.0817. The molecule has 1 aromatic heterocycles. The normalized spacial score (nSPS) is 23.1. The van der Waals surface area contributed by atoms with Crippen LogP contribution in [0.1, 0.15) is 19.3 Å². The zero-order valence-corrected chi connectivity index (χ0v) is 12.1. The minimum Gasteiger partial charge on any atom is -0.369 e. The highest BCUT2D eigenvalue weighted by molar-refractivity contribution is 5.88. The molecule has 0 aromatic carbocycles. The Labute approximate surface area is 127 Å². The van der Waals surface area contributed by atoms with Crippen molar-refractivity contribution in [1.82, 2.24) is 14.9 Å². The average Bonchev–Trinajstić information content (AvgIpc) is 2.91. The first kappa shape index (κ1) is 14.7. The molecule has 0 radical (unpaired) electrons. The molecule has 2 N–H and O–H groups in total. The molecule has 8 heteroatoms. The number of amides is 2. The van der Waals surface area contributed by atoms with Gasteiger partial charge in [-0.25, -0.2) is 14.4 Å². The van der Waals surface area contributed by atoms with E-state index < -0.39 is 11.7 Å². The zero-order valence-electron chi connectivity index (χ0n) is 12.1. The van der Waals surface area contributed by atoms with Gasteiger partial charge in [0.25, 0.3) is 0 Å². The third kappa shape index (κ3) is 2.86. The van der Waals surface area contributed by atoms with Crippen LogP contribution in [0.25, 0.3) is 0 Å². The summed E-state index contributed by atoms with van der Waals surface area (Å²) in [6.07, 6.45) is 4.07. The molecular weight excluding hydrogens is 289 g/mol. The molecular formula is C14H18FN5O2. The van der Waals surface area contributed by atoms with Gasteiger partial charge in [0.05, 0.1) is 18.3 Å². The summed E-state index contributed by atoms with van der Waals surface area (Å²) >= 11 is 0. The Morgan fingerprint density at radius 3 is 2.45 bits per heavy atom. The third-order valence-corrected chi connectivity index (χ3v) is 4.36. The van der Waals surface area contributed by atoms with E-state index in [1.165, 1.54) is 0 Å². The average molecular weight is 307 g/mol. The first-order valence-corrected chi connectivity index (χ1v) is 7.36. The van der Waals surface area contributed by atoms with E-state index in [0.29, 0.717) is 25.6 Å². The number of piperidine rings is 1. The summed E-state index contributed by atoms with van der Waals surface area (Å²) < 4.78 is 12.8. The van der Waals surface area contributed by atoms with Crippen LogP contribution in [0.2, 0.25) is 0 Å². The van der Waals surface area contributed by atoms with E-state index in [-0.39, 0.29) is 24.3 Å². The molecule has 0 bridgehead atoms. The molecule has 0 spiro atoms. The lowest BCUT2D eigenvalue weighted by molar-refractivity contribution is -0.130. The number of nitrogens with zero attached hydrogens (tertiary/aromatic N) is 4. The van der Waals surface area contributed by atoms with Crippen LogP contribution in [0.3, 0.4) is 0 Å². The van der Waals surface area contributed by atoms with Crippen LogP contribution in [0.4, 0.5) is 10.3 Å². The van der Waals surface area contributed by atoms with Crippen LogP contribution in [-0.4, -0.2) is 52.4 Å². The molecule has 2 aliphatic rings. The number of likely N-dealkylation sites (tertiary alicyclic amines) is 1. The lowest BCUT2D eigenvalue weighted by Gasteiger charge is -2.36. The number of carbonyl (C=O) groups is 2. The van der Waals surface area contributed by atoms with Gasteiger partial charge in [-0.2, -0.15) is 0 Å². The highest BCUT2D eigenvalue weighted by Gasteiger charge is 2.38. The molecule has 3 heterocycles. The van der Waals surface area contributed by atoms with Crippen LogP contribution < -0.4 is 10.6 Å². The number of nitrogens with two attached hydrogens (primary N) is 1. The van der Waals surface area contributed by atoms with Crippen molar-refractivity contribution in [2.75, 3.05) is 24.5 Å². The molecule has 1 unspecified atom stereocenters. The topological polar surface area (TPSA) is 92.4 Å². The summed E-state index contributed by atoms with van der Waals surface area (Å²) in [4.78, 5) is 34.9.